The average Bonchev–Trinajstić information content (AvgIpc) is 2.36. The van der Waals surface area contributed by atoms with Gasteiger partial charge in [-0.1, -0.05) is 18.2 Å². The van der Waals surface area contributed by atoms with E-state index in [1.165, 1.54) is 7.05 Å². The van der Waals surface area contributed by atoms with Crippen molar-refractivity contribution >= 4 is 17.6 Å². The Morgan fingerprint density at radius 2 is 1.88 bits per heavy atom. The monoisotopic (exact) mass is 235 g/mol. The second-order valence-electron chi connectivity index (χ2n) is 3.48. The minimum absolute atomic E-state index is 0.161. The average molecular weight is 235 g/mol. The number of amides is 3. The summed E-state index contributed by atoms with van der Waals surface area (Å²) < 4.78 is 0. The van der Waals surface area contributed by atoms with E-state index in [1.807, 2.05) is 42.2 Å². The highest BCUT2D eigenvalue weighted by atomic mass is 16.2. The van der Waals surface area contributed by atoms with Crippen LogP contribution in [-0.2, 0) is 4.79 Å². The SMILES string of the molecule is CCN(CC(=O)NC(=O)NC)c1ccccc1. The van der Waals surface area contributed by atoms with Crippen molar-refractivity contribution < 1.29 is 9.59 Å². The largest absolute Gasteiger partial charge is 0.362 e. The predicted molar refractivity (Wildman–Crippen MR) is 66.9 cm³/mol. The molecule has 17 heavy (non-hydrogen) atoms. The Bertz CT molecular complexity index is 379. The fourth-order valence-electron chi connectivity index (χ4n) is 1.43. The maximum Gasteiger partial charge on any atom is 0.321 e. The molecule has 2 N–H and O–H groups in total. The number of hydrogen-bond acceptors (Lipinski definition) is 3. The molecule has 0 unspecified atom stereocenters. The number of nitrogens with one attached hydrogen (secondary N) is 2. The van der Waals surface area contributed by atoms with Gasteiger partial charge in [0.2, 0.25) is 5.91 Å². The molecule has 0 fully saturated rings. The van der Waals surface area contributed by atoms with Gasteiger partial charge in [-0.2, -0.15) is 0 Å². The van der Waals surface area contributed by atoms with Crippen molar-refractivity contribution in [1.82, 2.24) is 10.6 Å². The van der Waals surface area contributed by atoms with Crippen molar-refractivity contribution in [3.05, 3.63) is 30.3 Å². The van der Waals surface area contributed by atoms with E-state index in [9.17, 15) is 9.59 Å². The molecule has 0 atom stereocenters. The lowest BCUT2D eigenvalue weighted by molar-refractivity contribution is -0.118. The predicted octanol–water partition coefficient (Wildman–Crippen LogP) is 0.968. The molecule has 0 aromatic heterocycles. The number of hydrogen-bond donors (Lipinski definition) is 2. The summed E-state index contributed by atoms with van der Waals surface area (Å²) in [5, 5.41) is 4.57. The third-order valence-corrected chi connectivity index (χ3v) is 2.32. The lowest BCUT2D eigenvalue weighted by Gasteiger charge is -2.22. The summed E-state index contributed by atoms with van der Waals surface area (Å²) in [7, 11) is 1.47. The smallest absolute Gasteiger partial charge is 0.321 e. The highest BCUT2D eigenvalue weighted by Crippen LogP contribution is 2.11. The zero-order valence-corrected chi connectivity index (χ0v) is 10.1. The molecule has 0 spiro atoms. The molecule has 1 aromatic rings. The maximum atomic E-state index is 11.5. The summed E-state index contributed by atoms with van der Waals surface area (Å²) in [5.74, 6) is -0.324. The molecular weight excluding hydrogens is 218 g/mol. The van der Waals surface area contributed by atoms with Crippen LogP contribution in [-0.4, -0.2) is 32.1 Å². The van der Waals surface area contributed by atoms with E-state index >= 15 is 0 Å². The number of carbonyl (C=O) groups excluding carboxylic acids is 2. The molecule has 0 saturated heterocycles. The molecule has 3 amide bonds. The molecule has 1 aromatic carbocycles. The molecule has 0 aliphatic rings. The molecule has 5 nitrogen and oxygen atoms in total. The minimum Gasteiger partial charge on any atom is -0.362 e. The van der Waals surface area contributed by atoms with Crippen molar-refractivity contribution in [2.24, 2.45) is 0 Å². The van der Waals surface area contributed by atoms with E-state index in [2.05, 4.69) is 10.6 Å². The number of carbonyl (C=O) groups is 2. The summed E-state index contributed by atoms with van der Waals surface area (Å²) in [5.41, 5.74) is 0.960. The van der Waals surface area contributed by atoms with Crippen molar-refractivity contribution in [2.75, 3.05) is 25.0 Å². The molecular formula is C12H17N3O2. The van der Waals surface area contributed by atoms with Gasteiger partial charge < -0.3 is 10.2 Å². The van der Waals surface area contributed by atoms with Gasteiger partial charge >= 0.3 is 6.03 Å². The van der Waals surface area contributed by atoms with Crippen LogP contribution < -0.4 is 15.5 Å². The lowest BCUT2D eigenvalue weighted by Crippen LogP contribution is -2.43. The van der Waals surface area contributed by atoms with Gasteiger partial charge in [-0.3, -0.25) is 10.1 Å². The Labute approximate surface area is 101 Å². The fraction of sp³-hybridized carbons (Fsp3) is 0.333. The first kappa shape index (κ1) is 13.0. The molecule has 0 saturated carbocycles. The van der Waals surface area contributed by atoms with Gasteiger partial charge in [0.1, 0.15) is 0 Å². The first-order chi connectivity index (χ1) is 8.17. The number of anilines is 1. The number of benzene rings is 1. The third kappa shape index (κ3) is 4.14. The Hall–Kier alpha value is -2.04. The van der Waals surface area contributed by atoms with E-state index in [1.54, 1.807) is 0 Å². The molecule has 5 heteroatoms. The van der Waals surface area contributed by atoms with Crippen LogP contribution in [0, 0.1) is 0 Å². The molecule has 1 rings (SSSR count). The zero-order valence-electron chi connectivity index (χ0n) is 10.1. The van der Waals surface area contributed by atoms with Crippen LogP contribution in [0.2, 0.25) is 0 Å². The third-order valence-electron chi connectivity index (χ3n) is 2.32. The van der Waals surface area contributed by atoms with Crippen molar-refractivity contribution in [1.29, 1.82) is 0 Å². The highest BCUT2D eigenvalue weighted by molar-refractivity contribution is 5.96. The fourth-order valence-corrected chi connectivity index (χ4v) is 1.43. The van der Waals surface area contributed by atoms with Crippen LogP contribution in [0.25, 0.3) is 0 Å². The Morgan fingerprint density at radius 3 is 2.41 bits per heavy atom. The molecule has 0 radical (unpaired) electrons. The van der Waals surface area contributed by atoms with Crippen LogP contribution in [0.3, 0.4) is 0 Å². The van der Waals surface area contributed by atoms with Gasteiger partial charge in [-0.15, -0.1) is 0 Å². The molecule has 0 aliphatic carbocycles. The molecule has 0 aliphatic heterocycles. The Balaban J connectivity index is 2.59. The van der Waals surface area contributed by atoms with E-state index < -0.39 is 6.03 Å². The minimum atomic E-state index is -0.487. The second-order valence-corrected chi connectivity index (χ2v) is 3.48. The van der Waals surface area contributed by atoms with E-state index in [0.29, 0.717) is 6.54 Å². The first-order valence-corrected chi connectivity index (χ1v) is 5.49. The quantitative estimate of drug-likeness (QED) is 0.817. The van der Waals surface area contributed by atoms with Crippen molar-refractivity contribution in [3.63, 3.8) is 0 Å². The summed E-state index contributed by atoms with van der Waals surface area (Å²) in [6, 6.07) is 9.11. The topological polar surface area (TPSA) is 61.4 Å². The van der Waals surface area contributed by atoms with Crippen LogP contribution in [0.1, 0.15) is 6.92 Å². The Kier molecular flexibility index (Phi) is 5.00. The highest BCUT2D eigenvalue weighted by Gasteiger charge is 2.11. The van der Waals surface area contributed by atoms with E-state index in [0.717, 1.165) is 5.69 Å². The molecule has 0 heterocycles. The van der Waals surface area contributed by atoms with E-state index in [-0.39, 0.29) is 12.5 Å². The van der Waals surface area contributed by atoms with Crippen LogP contribution >= 0.6 is 0 Å². The maximum absolute atomic E-state index is 11.5. The molecule has 0 bridgehead atoms. The standard InChI is InChI=1S/C12H17N3O2/c1-3-15(10-7-5-4-6-8-10)9-11(16)14-12(17)13-2/h4-8H,3,9H2,1-2H3,(H2,13,14,16,17). The first-order valence-electron chi connectivity index (χ1n) is 5.49. The van der Waals surface area contributed by atoms with Crippen LogP contribution in [0.15, 0.2) is 30.3 Å². The normalized spacial score (nSPS) is 9.53. The summed E-state index contributed by atoms with van der Waals surface area (Å²) in [4.78, 5) is 24.4. The van der Waals surface area contributed by atoms with Gasteiger partial charge in [0.25, 0.3) is 0 Å². The zero-order chi connectivity index (χ0) is 12.7. The lowest BCUT2D eigenvalue weighted by atomic mass is 10.3. The summed E-state index contributed by atoms with van der Waals surface area (Å²) in [6.07, 6.45) is 0. The van der Waals surface area contributed by atoms with Crippen LogP contribution in [0.5, 0.6) is 0 Å². The molecule has 92 valence electrons. The van der Waals surface area contributed by atoms with Crippen molar-refractivity contribution in [2.45, 2.75) is 6.92 Å². The van der Waals surface area contributed by atoms with Gasteiger partial charge in [0, 0.05) is 19.3 Å². The van der Waals surface area contributed by atoms with Crippen molar-refractivity contribution in [3.8, 4) is 0 Å². The van der Waals surface area contributed by atoms with Gasteiger partial charge in [0.15, 0.2) is 0 Å². The summed E-state index contributed by atoms with van der Waals surface area (Å²) >= 11 is 0. The number of likely N-dealkylation sites (N-methyl/N-ethyl adjacent to an activating group) is 1. The number of para-hydroxylation sites is 1. The number of rotatable bonds is 4. The Morgan fingerprint density at radius 1 is 1.24 bits per heavy atom. The summed E-state index contributed by atoms with van der Waals surface area (Å²) in [6.45, 7) is 2.82. The van der Waals surface area contributed by atoms with E-state index in [4.69, 9.17) is 0 Å². The van der Waals surface area contributed by atoms with Gasteiger partial charge in [-0.25, -0.2) is 4.79 Å². The van der Waals surface area contributed by atoms with Gasteiger partial charge in [0.05, 0.1) is 6.54 Å². The number of nitrogens with zero attached hydrogens (tertiary/aromatic N) is 1. The van der Waals surface area contributed by atoms with Crippen LogP contribution in [0.4, 0.5) is 10.5 Å². The number of urea groups is 1. The van der Waals surface area contributed by atoms with Gasteiger partial charge in [-0.05, 0) is 19.1 Å². The second kappa shape index (κ2) is 6.52. The number of imide groups is 1.